The van der Waals surface area contributed by atoms with Crippen molar-refractivity contribution in [1.29, 1.82) is 0 Å². The average molecular weight is 476 g/mol. The molecule has 1 fully saturated rings. The Hall–Kier alpha value is -3.27. The quantitative estimate of drug-likeness (QED) is 0.568. The van der Waals surface area contributed by atoms with Crippen molar-refractivity contribution >= 4 is 27.9 Å². The number of carbonyl (C=O) groups is 2. The van der Waals surface area contributed by atoms with E-state index in [0.29, 0.717) is 30.8 Å². The van der Waals surface area contributed by atoms with Gasteiger partial charge in [0.15, 0.2) is 0 Å². The van der Waals surface area contributed by atoms with Gasteiger partial charge in [0.1, 0.15) is 24.5 Å². The lowest BCUT2D eigenvalue weighted by molar-refractivity contribution is -0.117. The van der Waals surface area contributed by atoms with Gasteiger partial charge in [-0.1, -0.05) is 36.4 Å². The monoisotopic (exact) mass is 475 g/mol. The van der Waals surface area contributed by atoms with Crippen LogP contribution in [0.5, 0.6) is 5.75 Å². The Morgan fingerprint density at radius 3 is 2.48 bits per heavy atom. The van der Waals surface area contributed by atoms with E-state index in [-0.39, 0.29) is 13.2 Å². The van der Waals surface area contributed by atoms with Gasteiger partial charge in [-0.25, -0.2) is 13.8 Å². The van der Waals surface area contributed by atoms with Crippen molar-refractivity contribution < 1.29 is 27.5 Å². The van der Waals surface area contributed by atoms with Gasteiger partial charge >= 0.3 is 16.3 Å². The van der Waals surface area contributed by atoms with Crippen molar-refractivity contribution in [2.45, 2.75) is 45.8 Å². The molecule has 9 nitrogen and oxygen atoms in total. The molecule has 0 atom stereocenters. The largest absolute Gasteiger partial charge is 0.487 e. The summed E-state index contributed by atoms with van der Waals surface area (Å²) in [6.07, 6.45) is 0.807. The minimum Gasteiger partial charge on any atom is -0.487 e. The van der Waals surface area contributed by atoms with E-state index < -0.39 is 27.8 Å². The molecule has 33 heavy (non-hydrogen) atoms. The van der Waals surface area contributed by atoms with Crippen LogP contribution in [0.3, 0.4) is 0 Å². The summed E-state index contributed by atoms with van der Waals surface area (Å²) in [7, 11) is -3.96. The Kier molecular flexibility index (Phi) is 7.47. The molecule has 0 saturated carbocycles. The molecule has 1 saturated heterocycles. The number of ether oxygens (including phenoxy) is 2. The minimum absolute atomic E-state index is 0.243. The van der Waals surface area contributed by atoms with Crippen molar-refractivity contribution in [3.63, 3.8) is 0 Å². The van der Waals surface area contributed by atoms with E-state index in [1.54, 1.807) is 39.0 Å². The molecule has 2 amide bonds. The van der Waals surface area contributed by atoms with Gasteiger partial charge in [0, 0.05) is 6.54 Å². The summed E-state index contributed by atoms with van der Waals surface area (Å²) in [6.45, 7) is 5.77. The summed E-state index contributed by atoms with van der Waals surface area (Å²) in [4.78, 5) is 23.5. The van der Waals surface area contributed by atoms with Crippen LogP contribution >= 0.6 is 0 Å². The van der Waals surface area contributed by atoms with Crippen LogP contribution in [0.4, 0.5) is 10.5 Å². The smallest absolute Gasteiger partial charge is 0.407 e. The topological polar surface area (TPSA) is 114 Å². The zero-order chi connectivity index (χ0) is 24.1. The first-order valence-corrected chi connectivity index (χ1v) is 12.1. The number of aryl methyl sites for hydroxylation is 1. The molecule has 1 aliphatic heterocycles. The first kappa shape index (κ1) is 24.4. The third-order valence-corrected chi connectivity index (χ3v) is 6.05. The second-order valence-corrected chi connectivity index (χ2v) is 10.2. The van der Waals surface area contributed by atoms with Gasteiger partial charge in [0.05, 0.1) is 5.69 Å². The van der Waals surface area contributed by atoms with Crippen LogP contribution < -0.4 is 19.1 Å². The van der Waals surface area contributed by atoms with Gasteiger partial charge < -0.3 is 14.8 Å². The van der Waals surface area contributed by atoms with E-state index in [4.69, 9.17) is 9.47 Å². The molecular formula is C23H29N3O6S. The second kappa shape index (κ2) is 10.1. The Morgan fingerprint density at radius 2 is 1.85 bits per heavy atom. The highest BCUT2D eigenvalue weighted by molar-refractivity contribution is 7.92. The maximum atomic E-state index is 12.3. The summed E-state index contributed by atoms with van der Waals surface area (Å²) in [5, 5.41) is 2.72. The predicted molar refractivity (Wildman–Crippen MR) is 124 cm³/mol. The van der Waals surface area contributed by atoms with Crippen LogP contribution in [0, 0.1) is 0 Å². The molecular weight excluding hydrogens is 446 g/mol. The molecule has 3 rings (SSSR count). The average Bonchev–Trinajstić information content (AvgIpc) is 3.01. The molecule has 0 aliphatic carbocycles. The van der Waals surface area contributed by atoms with Gasteiger partial charge in [-0.2, -0.15) is 8.42 Å². The SMILES string of the molecule is CC(C)(C)OC(=O)NCCCc1ccc(N2CC(=O)NS2(=O)=O)c(OCc2ccccc2)c1. The fraction of sp³-hybridized carbons (Fsp3) is 0.391. The standard InChI is InChI=1S/C23H29N3O6S/c1-23(2,3)32-22(28)24-13-7-10-17-11-12-19(26-15-21(27)25-33(26,29)30)20(14-17)31-16-18-8-5-4-6-9-18/h4-6,8-9,11-12,14H,7,10,13,15-16H2,1-3H3,(H,24,28)(H,25,27). The molecule has 178 valence electrons. The summed E-state index contributed by atoms with van der Waals surface area (Å²) in [5.41, 5.74) is 1.56. The van der Waals surface area contributed by atoms with Crippen LogP contribution in [0.2, 0.25) is 0 Å². The van der Waals surface area contributed by atoms with Gasteiger partial charge in [0.25, 0.3) is 5.91 Å². The van der Waals surface area contributed by atoms with Crippen molar-refractivity contribution in [3.8, 4) is 5.75 Å². The molecule has 0 radical (unpaired) electrons. The summed E-state index contributed by atoms with van der Waals surface area (Å²) < 4.78 is 38.9. The summed E-state index contributed by atoms with van der Waals surface area (Å²) >= 11 is 0. The summed E-state index contributed by atoms with van der Waals surface area (Å²) in [6, 6.07) is 14.7. The lowest BCUT2D eigenvalue weighted by Gasteiger charge is -2.20. The van der Waals surface area contributed by atoms with E-state index in [1.807, 2.05) is 35.1 Å². The highest BCUT2D eigenvalue weighted by Crippen LogP contribution is 2.33. The molecule has 2 aromatic carbocycles. The molecule has 0 spiro atoms. The summed E-state index contributed by atoms with van der Waals surface area (Å²) in [5.74, 6) is -0.238. The lowest BCUT2D eigenvalue weighted by Crippen LogP contribution is -2.33. The highest BCUT2D eigenvalue weighted by Gasteiger charge is 2.35. The molecule has 10 heteroatoms. The number of anilines is 1. The zero-order valence-corrected chi connectivity index (χ0v) is 19.8. The van der Waals surface area contributed by atoms with Gasteiger partial charge in [-0.05, 0) is 56.9 Å². The zero-order valence-electron chi connectivity index (χ0n) is 19.0. The third kappa shape index (κ3) is 7.11. The first-order valence-electron chi connectivity index (χ1n) is 10.6. The first-order chi connectivity index (χ1) is 15.5. The number of rotatable bonds is 8. The molecule has 1 aliphatic rings. The minimum atomic E-state index is -3.96. The Balaban J connectivity index is 1.71. The number of amides is 2. The van der Waals surface area contributed by atoms with Crippen LogP contribution in [0.15, 0.2) is 48.5 Å². The fourth-order valence-corrected chi connectivity index (χ4v) is 4.39. The maximum Gasteiger partial charge on any atom is 0.407 e. The van der Waals surface area contributed by atoms with Crippen LogP contribution in [-0.2, 0) is 32.8 Å². The molecule has 2 aromatic rings. The molecule has 0 aromatic heterocycles. The molecule has 0 unspecified atom stereocenters. The number of benzene rings is 2. The number of hydrogen-bond donors (Lipinski definition) is 2. The normalized spacial score (nSPS) is 15.1. The Labute approximate surface area is 194 Å². The number of carbonyl (C=O) groups excluding carboxylic acids is 2. The van der Waals surface area contributed by atoms with E-state index in [9.17, 15) is 18.0 Å². The van der Waals surface area contributed by atoms with Crippen LogP contribution in [0.25, 0.3) is 0 Å². The van der Waals surface area contributed by atoms with Gasteiger partial charge in [-0.3, -0.25) is 4.79 Å². The number of nitrogens with one attached hydrogen (secondary N) is 2. The van der Waals surface area contributed by atoms with E-state index in [2.05, 4.69) is 5.32 Å². The van der Waals surface area contributed by atoms with Crippen molar-refractivity contribution in [2.75, 3.05) is 17.4 Å². The van der Waals surface area contributed by atoms with Crippen LogP contribution in [0.1, 0.15) is 38.3 Å². The highest BCUT2D eigenvalue weighted by atomic mass is 32.2. The second-order valence-electron chi connectivity index (χ2n) is 8.65. The third-order valence-electron chi connectivity index (χ3n) is 4.66. The van der Waals surface area contributed by atoms with Crippen molar-refractivity contribution in [2.24, 2.45) is 0 Å². The van der Waals surface area contributed by atoms with E-state index >= 15 is 0 Å². The predicted octanol–water partition coefficient (Wildman–Crippen LogP) is 2.90. The Morgan fingerprint density at radius 1 is 1.12 bits per heavy atom. The van der Waals surface area contributed by atoms with E-state index in [0.717, 1.165) is 15.4 Å². The lowest BCUT2D eigenvalue weighted by atomic mass is 10.1. The molecule has 2 N–H and O–H groups in total. The van der Waals surface area contributed by atoms with Crippen molar-refractivity contribution in [1.82, 2.24) is 10.0 Å². The maximum absolute atomic E-state index is 12.3. The van der Waals surface area contributed by atoms with E-state index in [1.165, 1.54) is 0 Å². The van der Waals surface area contributed by atoms with Crippen molar-refractivity contribution in [3.05, 3.63) is 59.7 Å². The number of hydrogen-bond acceptors (Lipinski definition) is 6. The van der Waals surface area contributed by atoms with Gasteiger partial charge in [0.2, 0.25) is 0 Å². The molecule has 0 bridgehead atoms. The Bertz CT molecular complexity index is 1100. The molecule has 1 heterocycles. The van der Waals surface area contributed by atoms with Gasteiger partial charge in [-0.15, -0.1) is 0 Å². The number of alkyl carbamates (subject to hydrolysis) is 1. The number of nitrogens with zero attached hydrogens (tertiary/aromatic N) is 1. The van der Waals surface area contributed by atoms with Crippen LogP contribution in [-0.4, -0.2) is 39.1 Å². The fourth-order valence-electron chi connectivity index (χ4n) is 3.23.